The fraction of sp³-hybridized carbons (Fsp3) is 0.436. The molecule has 5 heterocycles. The smallest absolute Gasteiger partial charge is 0.294 e. The van der Waals surface area contributed by atoms with Gasteiger partial charge in [0.1, 0.15) is 0 Å². The van der Waals surface area contributed by atoms with Gasteiger partial charge < -0.3 is 23.6 Å². The van der Waals surface area contributed by atoms with E-state index in [1.165, 1.54) is 11.1 Å². The highest BCUT2D eigenvalue weighted by atomic mass is 16.5. The van der Waals surface area contributed by atoms with Gasteiger partial charge in [0.05, 0.1) is 12.6 Å². The summed E-state index contributed by atoms with van der Waals surface area (Å²) in [6.07, 6.45) is 15.1. The third-order valence-electron chi connectivity index (χ3n) is 9.52. The first-order valence-corrected chi connectivity index (χ1v) is 18.0. The Hall–Kier alpha value is -4.58. The van der Waals surface area contributed by atoms with Gasteiger partial charge >= 0.3 is 0 Å². The number of nitrogens with zero attached hydrogens (tertiary/aromatic N) is 7. The molecule has 2 saturated heterocycles. The van der Waals surface area contributed by atoms with Crippen molar-refractivity contribution in [3.05, 3.63) is 125 Å². The summed E-state index contributed by atoms with van der Waals surface area (Å²) in [5.74, 6) is 0.358. The van der Waals surface area contributed by atoms with E-state index >= 15 is 0 Å². The molecule has 2 aliphatic rings. The number of likely N-dealkylation sites (tertiary alicyclic amines) is 2. The topological polar surface area (TPSA) is 102 Å². The summed E-state index contributed by atoms with van der Waals surface area (Å²) >= 11 is 0. The minimum Gasteiger partial charge on any atom is -0.377 e. The number of piperidine rings is 2. The van der Waals surface area contributed by atoms with Crippen molar-refractivity contribution >= 4 is 11.6 Å². The summed E-state index contributed by atoms with van der Waals surface area (Å²) in [7, 11) is 0. The van der Waals surface area contributed by atoms with Crippen molar-refractivity contribution in [1.29, 1.82) is 0 Å². The molecule has 264 valence electrons. The Morgan fingerprint density at radius 3 is 2.22 bits per heavy atom. The number of carbonyl (C=O) groups is 1. The molecule has 0 radical (unpaired) electrons. The first-order chi connectivity index (χ1) is 24.5. The molecule has 11 heteroatoms. The van der Waals surface area contributed by atoms with Crippen molar-refractivity contribution in [3.8, 4) is 0 Å². The molecule has 5 aromatic rings. The van der Waals surface area contributed by atoms with Gasteiger partial charge in [-0.15, -0.1) is 0 Å². The fourth-order valence-corrected chi connectivity index (χ4v) is 7.15. The molecule has 0 spiro atoms. The zero-order valence-electron chi connectivity index (χ0n) is 29.3. The Morgan fingerprint density at radius 1 is 0.860 bits per heavy atom. The lowest BCUT2D eigenvalue weighted by Gasteiger charge is -2.33. The van der Waals surface area contributed by atoms with Gasteiger partial charge in [0.2, 0.25) is 5.65 Å². The van der Waals surface area contributed by atoms with Crippen molar-refractivity contribution in [1.82, 2.24) is 38.6 Å². The summed E-state index contributed by atoms with van der Waals surface area (Å²) in [6, 6.07) is 21.4. The maximum Gasteiger partial charge on any atom is 0.294 e. The predicted octanol–water partition coefficient (Wildman–Crippen LogP) is 5.04. The number of carbonyl (C=O) groups excluding carboxylic acids is 1. The number of ether oxygens (including phenoxy) is 1. The summed E-state index contributed by atoms with van der Waals surface area (Å²) in [6.45, 7) is 11.1. The van der Waals surface area contributed by atoms with Crippen LogP contribution in [-0.4, -0.2) is 84.1 Å². The van der Waals surface area contributed by atoms with Crippen LogP contribution in [0.5, 0.6) is 0 Å². The van der Waals surface area contributed by atoms with Crippen molar-refractivity contribution in [2.45, 2.75) is 77.4 Å². The number of imidazole rings is 2. The molecule has 0 aliphatic carbocycles. The molecule has 3 aromatic heterocycles. The number of benzene rings is 2. The van der Waals surface area contributed by atoms with E-state index in [2.05, 4.69) is 73.6 Å². The van der Waals surface area contributed by atoms with Crippen LogP contribution < -0.4 is 10.9 Å². The molecule has 3 atom stereocenters. The molecule has 7 rings (SSSR count). The molecule has 0 saturated carbocycles. The number of nitrogens with one attached hydrogen (secondary N) is 1. The lowest BCUT2D eigenvalue weighted by molar-refractivity contribution is 0.0626. The number of fused-ring (bicyclic) bond motifs is 1. The maximum atomic E-state index is 12.7. The Balaban J connectivity index is 0.000000175. The molecular formula is C39H50N8O3. The van der Waals surface area contributed by atoms with Crippen LogP contribution in [0, 0.1) is 0 Å². The number of amides is 1. The highest BCUT2D eigenvalue weighted by Crippen LogP contribution is 2.22. The SMILES string of the molecule is CCOC(C)Cn1ccnc1C(=O)N[C@@H]1CCCN(Cc2ccccc2)C1.O=c1c2nccn2ccn1[C@@H]1CCCN(Cc2ccccc2)C1. The van der Waals surface area contributed by atoms with Gasteiger partial charge in [-0.1, -0.05) is 60.7 Å². The number of hydrogen-bond acceptors (Lipinski definition) is 7. The van der Waals surface area contributed by atoms with Gasteiger partial charge in [0.15, 0.2) is 5.82 Å². The number of aromatic nitrogens is 5. The third kappa shape index (κ3) is 9.35. The van der Waals surface area contributed by atoms with Gasteiger partial charge in [0.25, 0.3) is 11.5 Å². The Kier molecular flexibility index (Phi) is 12.3. The maximum absolute atomic E-state index is 12.7. The van der Waals surface area contributed by atoms with Gasteiger partial charge in [-0.2, -0.15) is 0 Å². The standard InChI is InChI=1S/C21H30N4O2.C18H20N4O/c1-3-27-17(2)14-25-13-11-22-20(25)21(26)23-19-10-7-12-24(16-19)15-18-8-5-4-6-9-18;23-18-17-19-8-10-21(17)11-12-22(18)16-7-4-9-20(14-16)13-15-5-2-1-3-6-15/h4-6,8-9,11,13,17,19H,3,7,10,12,14-16H2,1-2H3,(H,23,26);1-3,5-6,8,10-12,16H,4,7,9,13-14H2/t17?,19-;16-/m11/s1. The Bertz CT molecular complexity index is 1840. The van der Waals surface area contributed by atoms with Gasteiger partial charge in [-0.3, -0.25) is 19.4 Å². The van der Waals surface area contributed by atoms with E-state index in [4.69, 9.17) is 4.74 Å². The van der Waals surface area contributed by atoms with Crippen LogP contribution in [-0.2, 0) is 24.4 Å². The molecule has 50 heavy (non-hydrogen) atoms. The minimum absolute atomic E-state index is 0.00376. The molecular weight excluding hydrogens is 628 g/mol. The van der Waals surface area contributed by atoms with E-state index < -0.39 is 0 Å². The Labute approximate surface area is 294 Å². The molecule has 11 nitrogen and oxygen atoms in total. The molecule has 2 aromatic carbocycles. The molecule has 1 N–H and O–H groups in total. The second-order valence-corrected chi connectivity index (χ2v) is 13.4. The van der Waals surface area contributed by atoms with Crippen molar-refractivity contribution in [3.63, 3.8) is 0 Å². The minimum atomic E-state index is -0.102. The zero-order chi connectivity index (χ0) is 34.7. The van der Waals surface area contributed by atoms with Crippen LogP contribution in [0.25, 0.3) is 5.65 Å². The summed E-state index contributed by atoms with van der Waals surface area (Å²) in [5, 5.41) is 3.18. The van der Waals surface area contributed by atoms with E-state index in [0.717, 1.165) is 65.0 Å². The lowest BCUT2D eigenvalue weighted by Crippen LogP contribution is -2.47. The first kappa shape index (κ1) is 35.3. The highest BCUT2D eigenvalue weighted by Gasteiger charge is 2.25. The zero-order valence-corrected chi connectivity index (χ0v) is 29.3. The largest absolute Gasteiger partial charge is 0.377 e. The van der Waals surface area contributed by atoms with E-state index in [1.54, 1.807) is 16.8 Å². The number of rotatable bonds is 11. The van der Waals surface area contributed by atoms with Crippen LogP contribution in [0.4, 0.5) is 0 Å². The molecule has 1 amide bonds. The average molecular weight is 679 g/mol. The van der Waals surface area contributed by atoms with E-state index in [1.807, 2.05) is 59.9 Å². The van der Waals surface area contributed by atoms with Crippen molar-refractivity contribution in [2.24, 2.45) is 0 Å². The average Bonchev–Trinajstić information content (AvgIpc) is 3.81. The van der Waals surface area contributed by atoms with E-state index in [0.29, 0.717) is 24.6 Å². The van der Waals surface area contributed by atoms with Crippen LogP contribution in [0.2, 0.25) is 0 Å². The molecule has 2 fully saturated rings. The number of hydrogen-bond donors (Lipinski definition) is 1. The lowest BCUT2D eigenvalue weighted by atomic mass is 10.0. The highest BCUT2D eigenvalue weighted by molar-refractivity contribution is 5.91. The first-order valence-electron chi connectivity index (χ1n) is 18.0. The van der Waals surface area contributed by atoms with Crippen LogP contribution in [0.1, 0.15) is 67.3 Å². The second kappa shape index (κ2) is 17.4. The van der Waals surface area contributed by atoms with E-state index in [9.17, 15) is 9.59 Å². The summed E-state index contributed by atoms with van der Waals surface area (Å²) in [5.41, 5.74) is 3.14. The van der Waals surface area contributed by atoms with Crippen molar-refractivity contribution in [2.75, 3.05) is 32.8 Å². The van der Waals surface area contributed by atoms with Gasteiger partial charge in [0, 0.05) is 82.1 Å². The van der Waals surface area contributed by atoms with Crippen LogP contribution >= 0.6 is 0 Å². The third-order valence-corrected chi connectivity index (χ3v) is 9.52. The fourth-order valence-electron chi connectivity index (χ4n) is 7.15. The summed E-state index contributed by atoms with van der Waals surface area (Å²) in [4.78, 5) is 38.6. The molecule has 1 unspecified atom stereocenters. The molecule has 2 aliphatic heterocycles. The normalized spacial score (nSPS) is 19.1. The van der Waals surface area contributed by atoms with E-state index in [-0.39, 0.29) is 29.7 Å². The summed E-state index contributed by atoms with van der Waals surface area (Å²) < 4.78 is 11.1. The Morgan fingerprint density at radius 2 is 1.52 bits per heavy atom. The van der Waals surface area contributed by atoms with Crippen LogP contribution in [0.15, 0.2) is 103 Å². The second-order valence-electron chi connectivity index (χ2n) is 13.4. The van der Waals surface area contributed by atoms with Crippen molar-refractivity contribution < 1.29 is 9.53 Å². The van der Waals surface area contributed by atoms with Gasteiger partial charge in [-0.25, -0.2) is 9.97 Å². The molecule has 0 bridgehead atoms. The quantitative estimate of drug-likeness (QED) is 0.209. The monoisotopic (exact) mass is 678 g/mol. The van der Waals surface area contributed by atoms with Crippen LogP contribution in [0.3, 0.4) is 0 Å². The van der Waals surface area contributed by atoms with Gasteiger partial charge in [-0.05, 0) is 63.7 Å². The predicted molar refractivity (Wildman–Crippen MR) is 195 cm³/mol.